The second-order valence-electron chi connectivity index (χ2n) is 7.16. The van der Waals surface area contributed by atoms with Crippen LogP contribution >= 0.6 is 0 Å². The molecule has 1 N–H and O–H groups in total. The van der Waals surface area contributed by atoms with Crippen LogP contribution in [0.15, 0.2) is 36.9 Å². The quantitative estimate of drug-likeness (QED) is 0.792. The Morgan fingerprint density at radius 3 is 3.00 bits per heavy atom. The van der Waals surface area contributed by atoms with Crippen LogP contribution in [0.2, 0.25) is 0 Å². The highest BCUT2D eigenvalue weighted by atomic mass is 16.3. The van der Waals surface area contributed by atoms with Crippen molar-refractivity contribution < 1.29 is 5.11 Å². The maximum atomic E-state index is 10.7. The largest absolute Gasteiger partial charge is 0.385 e. The molecule has 0 amide bonds. The van der Waals surface area contributed by atoms with E-state index in [0.717, 1.165) is 43.9 Å². The van der Waals surface area contributed by atoms with Gasteiger partial charge in [0.05, 0.1) is 11.9 Å². The Morgan fingerprint density at radius 1 is 1.32 bits per heavy atom. The zero-order chi connectivity index (χ0) is 17.4. The first-order valence-corrected chi connectivity index (χ1v) is 8.92. The van der Waals surface area contributed by atoms with Crippen LogP contribution in [-0.2, 0) is 13.6 Å². The van der Waals surface area contributed by atoms with Gasteiger partial charge in [0.2, 0.25) is 0 Å². The van der Waals surface area contributed by atoms with Crippen LogP contribution in [0.3, 0.4) is 0 Å². The number of aliphatic hydroxyl groups excluding tert-OH is 1. The average molecular weight is 339 g/mol. The number of fused-ring (bicyclic) bond motifs is 1. The van der Waals surface area contributed by atoms with E-state index in [2.05, 4.69) is 44.5 Å². The first-order valence-electron chi connectivity index (χ1n) is 8.92. The van der Waals surface area contributed by atoms with Gasteiger partial charge in [-0.25, -0.2) is 9.97 Å². The number of aryl methyl sites for hydroxylation is 2. The predicted octanol–water partition coefficient (Wildman–Crippen LogP) is 2.32. The van der Waals surface area contributed by atoms with Gasteiger partial charge >= 0.3 is 0 Å². The minimum absolute atomic E-state index is 0.219. The molecule has 2 atom stereocenters. The molecule has 3 aromatic rings. The molecule has 0 spiro atoms. The van der Waals surface area contributed by atoms with Gasteiger partial charge in [0.1, 0.15) is 17.6 Å². The second-order valence-corrected chi connectivity index (χ2v) is 7.16. The zero-order valence-corrected chi connectivity index (χ0v) is 14.8. The molecule has 4 heterocycles. The zero-order valence-electron chi connectivity index (χ0n) is 14.8. The Kier molecular flexibility index (Phi) is 4.31. The Labute approximate surface area is 147 Å². The Morgan fingerprint density at radius 2 is 2.20 bits per heavy atom. The fourth-order valence-corrected chi connectivity index (χ4v) is 3.85. The summed E-state index contributed by atoms with van der Waals surface area (Å²) in [5.74, 6) is 0.980. The van der Waals surface area contributed by atoms with E-state index >= 15 is 0 Å². The maximum Gasteiger partial charge on any atom is 0.137 e. The van der Waals surface area contributed by atoms with Crippen LogP contribution in [0.5, 0.6) is 0 Å². The molecule has 6 nitrogen and oxygen atoms in total. The molecular formula is C19H25N5O. The fourth-order valence-electron chi connectivity index (χ4n) is 3.85. The predicted molar refractivity (Wildman–Crippen MR) is 96.1 cm³/mol. The van der Waals surface area contributed by atoms with Crippen LogP contribution in [-0.4, -0.2) is 42.0 Å². The lowest BCUT2D eigenvalue weighted by Crippen LogP contribution is -2.38. The van der Waals surface area contributed by atoms with E-state index < -0.39 is 6.10 Å². The Bertz CT molecular complexity index is 868. The molecule has 132 valence electrons. The molecule has 1 aliphatic heterocycles. The van der Waals surface area contributed by atoms with Crippen molar-refractivity contribution in [2.24, 2.45) is 13.0 Å². The monoisotopic (exact) mass is 339 g/mol. The van der Waals surface area contributed by atoms with Crippen molar-refractivity contribution in [1.29, 1.82) is 0 Å². The van der Waals surface area contributed by atoms with Crippen LogP contribution in [0.1, 0.15) is 36.0 Å². The highest BCUT2D eigenvalue weighted by Gasteiger charge is 2.29. The van der Waals surface area contributed by atoms with Crippen LogP contribution < -0.4 is 0 Å². The number of aliphatic hydroxyl groups is 1. The molecule has 4 rings (SSSR count). The molecule has 1 saturated heterocycles. The molecular weight excluding hydrogens is 314 g/mol. The van der Waals surface area contributed by atoms with Crippen molar-refractivity contribution in [3.63, 3.8) is 0 Å². The molecule has 0 bridgehead atoms. The second kappa shape index (κ2) is 6.61. The number of imidazole rings is 2. The molecule has 3 aromatic heterocycles. The van der Waals surface area contributed by atoms with Crippen molar-refractivity contribution >= 4 is 5.65 Å². The number of aromatic nitrogens is 4. The summed E-state index contributed by atoms with van der Waals surface area (Å²) in [6.45, 7) is 4.88. The number of nitrogens with zero attached hydrogens (tertiary/aromatic N) is 5. The SMILES string of the molecule is Cc1ccn2c(CN3CCCC(C(O)c4nccn4C)C3)cnc2c1. The number of pyridine rings is 1. The van der Waals surface area contributed by atoms with Gasteiger partial charge < -0.3 is 14.1 Å². The molecule has 1 aliphatic rings. The maximum absolute atomic E-state index is 10.7. The van der Waals surface area contributed by atoms with Crippen LogP contribution in [0, 0.1) is 12.8 Å². The summed E-state index contributed by atoms with van der Waals surface area (Å²) in [7, 11) is 1.94. The normalized spacial score (nSPS) is 20.2. The third kappa shape index (κ3) is 3.19. The number of hydrogen-bond donors (Lipinski definition) is 1. The lowest BCUT2D eigenvalue weighted by atomic mass is 9.92. The summed E-state index contributed by atoms with van der Waals surface area (Å²) in [5.41, 5.74) is 3.42. The summed E-state index contributed by atoms with van der Waals surface area (Å²) in [5, 5.41) is 10.7. The van der Waals surface area contributed by atoms with Crippen molar-refractivity contribution in [2.45, 2.75) is 32.4 Å². The van der Waals surface area contributed by atoms with E-state index in [1.54, 1.807) is 6.20 Å². The van der Waals surface area contributed by atoms with Gasteiger partial charge in [-0.15, -0.1) is 0 Å². The van der Waals surface area contributed by atoms with Gasteiger partial charge in [-0.05, 0) is 44.0 Å². The van der Waals surface area contributed by atoms with Gasteiger partial charge in [0.15, 0.2) is 0 Å². The van der Waals surface area contributed by atoms with E-state index in [1.165, 1.54) is 11.3 Å². The molecule has 0 aliphatic carbocycles. The first-order chi connectivity index (χ1) is 12.1. The number of hydrogen-bond acceptors (Lipinski definition) is 4. The highest BCUT2D eigenvalue weighted by Crippen LogP contribution is 2.29. The van der Waals surface area contributed by atoms with Crippen molar-refractivity contribution in [2.75, 3.05) is 13.1 Å². The molecule has 0 aromatic carbocycles. The molecule has 2 unspecified atom stereocenters. The van der Waals surface area contributed by atoms with Crippen molar-refractivity contribution in [1.82, 2.24) is 23.8 Å². The minimum atomic E-state index is -0.507. The summed E-state index contributed by atoms with van der Waals surface area (Å²) in [6.07, 6.45) is 9.33. The highest BCUT2D eigenvalue weighted by molar-refractivity contribution is 5.42. The minimum Gasteiger partial charge on any atom is -0.385 e. The molecule has 0 saturated carbocycles. The van der Waals surface area contributed by atoms with Crippen molar-refractivity contribution in [3.05, 3.63) is 54.0 Å². The lowest BCUT2D eigenvalue weighted by Gasteiger charge is -2.34. The average Bonchev–Trinajstić information content (AvgIpc) is 3.20. The lowest BCUT2D eigenvalue weighted by molar-refractivity contribution is 0.0400. The fraction of sp³-hybridized carbons (Fsp3) is 0.474. The molecule has 6 heteroatoms. The standard InChI is InChI=1S/C19H25N5O/c1-14-5-8-24-16(11-21-17(24)10-14)13-23-7-3-4-15(12-23)18(25)19-20-6-9-22(19)2/h5-6,8-11,15,18,25H,3-4,7,12-13H2,1-2H3. The van der Waals surface area contributed by atoms with E-state index in [4.69, 9.17) is 0 Å². The van der Waals surface area contributed by atoms with Crippen LogP contribution in [0.25, 0.3) is 5.65 Å². The smallest absolute Gasteiger partial charge is 0.137 e. The van der Waals surface area contributed by atoms with E-state index in [-0.39, 0.29) is 5.92 Å². The Balaban J connectivity index is 1.48. The first kappa shape index (κ1) is 16.3. The Hall–Kier alpha value is -2.18. The third-order valence-electron chi connectivity index (χ3n) is 5.24. The number of likely N-dealkylation sites (tertiary alicyclic amines) is 1. The van der Waals surface area contributed by atoms with Crippen LogP contribution in [0.4, 0.5) is 0 Å². The third-order valence-corrected chi connectivity index (χ3v) is 5.24. The molecule has 25 heavy (non-hydrogen) atoms. The van der Waals surface area contributed by atoms with E-state index in [1.807, 2.05) is 24.0 Å². The summed E-state index contributed by atoms with van der Waals surface area (Å²) < 4.78 is 4.07. The van der Waals surface area contributed by atoms with Gasteiger partial charge in [-0.1, -0.05) is 0 Å². The number of piperidine rings is 1. The summed E-state index contributed by atoms with van der Waals surface area (Å²) >= 11 is 0. The number of rotatable bonds is 4. The topological polar surface area (TPSA) is 58.6 Å². The van der Waals surface area contributed by atoms with Gasteiger partial charge in [-0.2, -0.15) is 0 Å². The summed E-state index contributed by atoms with van der Waals surface area (Å²) in [4.78, 5) is 11.3. The van der Waals surface area contributed by atoms with Gasteiger partial charge in [0, 0.05) is 44.6 Å². The molecule has 0 radical (unpaired) electrons. The van der Waals surface area contributed by atoms with E-state index in [9.17, 15) is 5.11 Å². The van der Waals surface area contributed by atoms with Gasteiger partial charge in [-0.3, -0.25) is 4.90 Å². The molecule has 1 fully saturated rings. The van der Waals surface area contributed by atoms with E-state index in [0.29, 0.717) is 0 Å². The van der Waals surface area contributed by atoms with Gasteiger partial charge in [0.25, 0.3) is 0 Å². The van der Waals surface area contributed by atoms with Crippen molar-refractivity contribution in [3.8, 4) is 0 Å². The summed E-state index contributed by atoms with van der Waals surface area (Å²) in [6, 6.07) is 4.22.